The maximum absolute atomic E-state index is 11.3. The standard InChI is InChI=1S/C12H15NO4/c1-3-10(11(14)15)13-9-6-4-5-8(7-9)12(16)17-2/h4-7,10,13H,3H2,1-2H3,(H,14,15). The largest absolute Gasteiger partial charge is 0.480 e. The summed E-state index contributed by atoms with van der Waals surface area (Å²) in [5, 5.41) is 11.7. The van der Waals surface area contributed by atoms with E-state index in [9.17, 15) is 9.59 Å². The maximum atomic E-state index is 11.3. The molecule has 0 amide bonds. The van der Waals surface area contributed by atoms with Gasteiger partial charge in [-0.3, -0.25) is 0 Å². The smallest absolute Gasteiger partial charge is 0.337 e. The number of anilines is 1. The lowest BCUT2D eigenvalue weighted by Gasteiger charge is -2.14. The number of benzene rings is 1. The fourth-order valence-corrected chi connectivity index (χ4v) is 1.39. The molecule has 1 aromatic carbocycles. The molecule has 17 heavy (non-hydrogen) atoms. The molecule has 0 heterocycles. The van der Waals surface area contributed by atoms with Crippen molar-refractivity contribution >= 4 is 17.6 Å². The number of carboxylic acids is 1. The van der Waals surface area contributed by atoms with Crippen LogP contribution in [-0.4, -0.2) is 30.2 Å². The Balaban J connectivity index is 2.85. The highest BCUT2D eigenvalue weighted by atomic mass is 16.5. The Bertz CT molecular complexity index is 417. The summed E-state index contributed by atoms with van der Waals surface area (Å²) in [4.78, 5) is 22.1. The van der Waals surface area contributed by atoms with Gasteiger partial charge >= 0.3 is 11.9 Å². The lowest BCUT2D eigenvalue weighted by atomic mass is 10.1. The van der Waals surface area contributed by atoms with Gasteiger partial charge in [0, 0.05) is 5.69 Å². The topological polar surface area (TPSA) is 75.6 Å². The fourth-order valence-electron chi connectivity index (χ4n) is 1.39. The maximum Gasteiger partial charge on any atom is 0.337 e. The summed E-state index contributed by atoms with van der Waals surface area (Å²) in [6, 6.07) is 5.89. The van der Waals surface area contributed by atoms with Crippen LogP contribution in [-0.2, 0) is 9.53 Å². The van der Waals surface area contributed by atoms with Gasteiger partial charge in [-0.05, 0) is 24.6 Å². The molecule has 0 saturated heterocycles. The van der Waals surface area contributed by atoms with Gasteiger partial charge in [0.15, 0.2) is 0 Å². The number of rotatable bonds is 5. The Morgan fingerprint density at radius 2 is 2.18 bits per heavy atom. The molecular formula is C12H15NO4. The highest BCUT2D eigenvalue weighted by molar-refractivity contribution is 5.90. The lowest BCUT2D eigenvalue weighted by Crippen LogP contribution is -2.28. The second-order valence-electron chi connectivity index (χ2n) is 3.52. The number of carbonyl (C=O) groups is 2. The Kier molecular flexibility index (Phi) is 4.51. The Morgan fingerprint density at radius 3 is 2.71 bits per heavy atom. The molecule has 0 spiro atoms. The van der Waals surface area contributed by atoms with Crippen LogP contribution in [0.5, 0.6) is 0 Å². The summed E-state index contributed by atoms with van der Waals surface area (Å²) in [6.07, 6.45) is 0.456. The molecule has 1 rings (SSSR count). The molecule has 0 aromatic heterocycles. The third-order valence-corrected chi connectivity index (χ3v) is 2.33. The van der Waals surface area contributed by atoms with Crippen LogP contribution in [0.1, 0.15) is 23.7 Å². The normalized spacial score (nSPS) is 11.6. The lowest BCUT2D eigenvalue weighted by molar-refractivity contribution is -0.137. The molecule has 92 valence electrons. The summed E-state index contributed by atoms with van der Waals surface area (Å²) >= 11 is 0. The van der Waals surface area contributed by atoms with Gasteiger partial charge in [0.2, 0.25) is 0 Å². The van der Waals surface area contributed by atoms with Gasteiger partial charge in [0.1, 0.15) is 6.04 Å². The van der Waals surface area contributed by atoms with E-state index in [1.165, 1.54) is 7.11 Å². The number of esters is 1. The van der Waals surface area contributed by atoms with Crippen molar-refractivity contribution in [3.63, 3.8) is 0 Å². The quantitative estimate of drug-likeness (QED) is 0.763. The molecule has 2 N–H and O–H groups in total. The summed E-state index contributed by atoms with van der Waals surface area (Å²) in [7, 11) is 1.30. The van der Waals surface area contributed by atoms with E-state index < -0.39 is 18.0 Å². The first kappa shape index (κ1) is 13.0. The molecule has 0 bridgehead atoms. The third-order valence-electron chi connectivity index (χ3n) is 2.33. The second-order valence-corrected chi connectivity index (χ2v) is 3.52. The van der Waals surface area contributed by atoms with Crippen LogP contribution in [0.2, 0.25) is 0 Å². The molecule has 1 aromatic rings. The van der Waals surface area contributed by atoms with Crippen LogP contribution in [0.15, 0.2) is 24.3 Å². The van der Waals surface area contributed by atoms with Crippen molar-refractivity contribution in [1.29, 1.82) is 0 Å². The van der Waals surface area contributed by atoms with E-state index >= 15 is 0 Å². The van der Waals surface area contributed by atoms with E-state index in [1.807, 2.05) is 0 Å². The van der Waals surface area contributed by atoms with Crippen LogP contribution < -0.4 is 5.32 Å². The van der Waals surface area contributed by atoms with Crippen LogP contribution in [0.25, 0.3) is 0 Å². The number of carboxylic acid groups (broad SMARTS) is 1. The van der Waals surface area contributed by atoms with E-state index in [0.29, 0.717) is 17.7 Å². The average Bonchev–Trinajstić information content (AvgIpc) is 2.34. The van der Waals surface area contributed by atoms with E-state index in [1.54, 1.807) is 31.2 Å². The molecule has 0 radical (unpaired) electrons. The first-order valence-electron chi connectivity index (χ1n) is 5.26. The SMILES string of the molecule is CCC(Nc1cccc(C(=O)OC)c1)C(=O)O. The van der Waals surface area contributed by atoms with Gasteiger partial charge in [0.25, 0.3) is 0 Å². The molecule has 0 aliphatic heterocycles. The van der Waals surface area contributed by atoms with E-state index in [4.69, 9.17) is 5.11 Å². The molecule has 1 unspecified atom stereocenters. The molecule has 0 saturated carbocycles. The molecule has 0 fully saturated rings. The number of ether oxygens (including phenoxy) is 1. The Morgan fingerprint density at radius 1 is 1.47 bits per heavy atom. The molecular weight excluding hydrogens is 222 g/mol. The van der Waals surface area contributed by atoms with Gasteiger partial charge in [0.05, 0.1) is 12.7 Å². The van der Waals surface area contributed by atoms with Crippen molar-refractivity contribution in [1.82, 2.24) is 0 Å². The minimum absolute atomic E-state index is 0.387. The summed E-state index contributed by atoms with van der Waals surface area (Å²) in [5.41, 5.74) is 0.972. The zero-order valence-electron chi connectivity index (χ0n) is 9.77. The predicted octanol–water partition coefficient (Wildman–Crippen LogP) is 1.75. The Labute approximate surface area is 99.4 Å². The van der Waals surface area contributed by atoms with E-state index in [0.717, 1.165) is 0 Å². The van der Waals surface area contributed by atoms with Gasteiger partial charge in [-0.1, -0.05) is 13.0 Å². The van der Waals surface area contributed by atoms with Crippen molar-refractivity contribution in [3.05, 3.63) is 29.8 Å². The van der Waals surface area contributed by atoms with Crippen LogP contribution in [0.4, 0.5) is 5.69 Å². The number of carbonyl (C=O) groups excluding carboxylic acids is 1. The number of methoxy groups -OCH3 is 1. The van der Waals surface area contributed by atoms with Crippen LogP contribution >= 0.6 is 0 Å². The highest BCUT2D eigenvalue weighted by Gasteiger charge is 2.15. The monoisotopic (exact) mass is 237 g/mol. The number of hydrogen-bond acceptors (Lipinski definition) is 4. The fraction of sp³-hybridized carbons (Fsp3) is 0.333. The van der Waals surface area contributed by atoms with Gasteiger partial charge in [-0.2, -0.15) is 0 Å². The molecule has 0 aliphatic carbocycles. The summed E-state index contributed by atoms with van der Waals surface area (Å²) in [6.45, 7) is 1.77. The van der Waals surface area contributed by atoms with Crippen LogP contribution in [0, 0.1) is 0 Å². The molecule has 1 atom stereocenters. The first-order chi connectivity index (χ1) is 8.08. The Hall–Kier alpha value is -2.04. The molecule has 5 heteroatoms. The van der Waals surface area contributed by atoms with Crippen molar-refractivity contribution in [3.8, 4) is 0 Å². The number of aliphatic carboxylic acids is 1. The minimum atomic E-state index is -0.920. The van der Waals surface area contributed by atoms with E-state index in [-0.39, 0.29) is 0 Å². The first-order valence-corrected chi connectivity index (χ1v) is 5.26. The summed E-state index contributed by atoms with van der Waals surface area (Å²) < 4.78 is 4.59. The van der Waals surface area contributed by atoms with Gasteiger partial charge < -0.3 is 15.2 Å². The van der Waals surface area contributed by atoms with Crippen LogP contribution in [0.3, 0.4) is 0 Å². The zero-order chi connectivity index (χ0) is 12.8. The van der Waals surface area contributed by atoms with Gasteiger partial charge in [-0.25, -0.2) is 9.59 Å². The minimum Gasteiger partial charge on any atom is -0.480 e. The predicted molar refractivity (Wildman–Crippen MR) is 63.1 cm³/mol. The average molecular weight is 237 g/mol. The van der Waals surface area contributed by atoms with E-state index in [2.05, 4.69) is 10.1 Å². The molecule has 0 aliphatic rings. The van der Waals surface area contributed by atoms with Crippen molar-refractivity contribution in [2.45, 2.75) is 19.4 Å². The van der Waals surface area contributed by atoms with Crippen molar-refractivity contribution in [2.24, 2.45) is 0 Å². The molecule has 5 nitrogen and oxygen atoms in total. The highest BCUT2D eigenvalue weighted by Crippen LogP contribution is 2.13. The third kappa shape index (κ3) is 3.48. The van der Waals surface area contributed by atoms with Gasteiger partial charge in [-0.15, -0.1) is 0 Å². The second kappa shape index (κ2) is 5.89. The zero-order valence-corrected chi connectivity index (χ0v) is 9.77. The number of nitrogens with one attached hydrogen (secondary N) is 1. The van der Waals surface area contributed by atoms with Crippen molar-refractivity contribution < 1.29 is 19.4 Å². The summed E-state index contributed by atoms with van der Waals surface area (Å²) in [5.74, 6) is -1.37. The number of hydrogen-bond donors (Lipinski definition) is 2. The van der Waals surface area contributed by atoms with Crippen molar-refractivity contribution in [2.75, 3.05) is 12.4 Å².